The molecule has 8 heteroatoms. The van der Waals surface area contributed by atoms with Crippen molar-refractivity contribution >= 4 is 17.8 Å². The van der Waals surface area contributed by atoms with Crippen LogP contribution in [0.1, 0.15) is 20.3 Å². The fraction of sp³-hybridized carbons (Fsp3) is 0.500. The molecular formula is C12H17N3O5. The molecule has 110 valence electrons. The maximum atomic E-state index is 11.8. The molecule has 0 saturated heterocycles. The van der Waals surface area contributed by atoms with E-state index in [4.69, 9.17) is 14.6 Å². The third-order valence-electron chi connectivity index (χ3n) is 2.53. The number of nitrogens with one attached hydrogen (secondary N) is 1. The van der Waals surface area contributed by atoms with Crippen LogP contribution >= 0.6 is 0 Å². The zero-order chi connectivity index (χ0) is 15.3. The Hall–Kier alpha value is -2.38. The number of methoxy groups -OCH3 is 2. The van der Waals surface area contributed by atoms with Crippen molar-refractivity contribution in [3.63, 3.8) is 0 Å². The minimum absolute atomic E-state index is 0.00705. The van der Waals surface area contributed by atoms with Gasteiger partial charge in [-0.1, -0.05) is 0 Å². The number of anilines is 1. The highest BCUT2D eigenvalue weighted by molar-refractivity contribution is 5.92. The Morgan fingerprint density at radius 3 is 2.15 bits per heavy atom. The quantitative estimate of drug-likeness (QED) is 0.799. The first-order chi connectivity index (χ1) is 9.28. The van der Waals surface area contributed by atoms with E-state index < -0.39 is 17.3 Å². The van der Waals surface area contributed by atoms with E-state index in [0.717, 1.165) is 0 Å². The van der Waals surface area contributed by atoms with Gasteiger partial charge in [-0.15, -0.1) is 0 Å². The van der Waals surface area contributed by atoms with Crippen LogP contribution in [0, 0.1) is 5.41 Å². The van der Waals surface area contributed by atoms with Crippen molar-refractivity contribution in [3.8, 4) is 11.8 Å². The van der Waals surface area contributed by atoms with Crippen LogP contribution in [-0.2, 0) is 9.59 Å². The van der Waals surface area contributed by atoms with Gasteiger partial charge in [0, 0.05) is 6.42 Å². The molecule has 0 unspecified atom stereocenters. The second kappa shape index (κ2) is 6.18. The Morgan fingerprint density at radius 2 is 1.75 bits per heavy atom. The van der Waals surface area contributed by atoms with Crippen LogP contribution in [-0.4, -0.2) is 41.2 Å². The van der Waals surface area contributed by atoms with E-state index in [0.29, 0.717) is 0 Å². The first-order valence-electron chi connectivity index (χ1n) is 5.79. The van der Waals surface area contributed by atoms with Gasteiger partial charge in [-0.05, 0) is 13.8 Å². The number of aliphatic carboxylic acids is 1. The van der Waals surface area contributed by atoms with E-state index in [1.165, 1.54) is 34.1 Å². The molecule has 1 aromatic heterocycles. The lowest BCUT2D eigenvalue weighted by Gasteiger charge is -2.17. The number of nitrogens with zero attached hydrogens (tertiary/aromatic N) is 2. The largest absolute Gasteiger partial charge is 0.481 e. The van der Waals surface area contributed by atoms with Gasteiger partial charge in [0.1, 0.15) is 0 Å². The van der Waals surface area contributed by atoms with Crippen molar-refractivity contribution in [3.05, 3.63) is 6.07 Å². The number of carbonyl (C=O) groups excluding carboxylic acids is 1. The Balaban J connectivity index is 2.83. The molecule has 2 N–H and O–H groups in total. The molecule has 0 radical (unpaired) electrons. The Morgan fingerprint density at radius 1 is 1.25 bits per heavy atom. The van der Waals surface area contributed by atoms with Gasteiger partial charge in [-0.25, -0.2) is 0 Å². The van der Waals surface area contributed by atoms with Crippen molar-refractivity contribution in [2.75, 3.05) is 19.5 Å². The van der Waals surface area contributed by atoms with Gasteiger partial charge in [-0.3, -0.25) is 14.9 Å². The summed E-state index contributed by atoms with van der Waals surface area (Å²) in [4.78, 5) is 30.6. The summed E-state index contributed by atoms with van der Waals surface area (Å²) in [5.74, 6) is -1.12. The summed E-state index contributed by atoms with van der Waals surface area (Å²) in [6.45, 7) is 2.92. The number of carboxylic acid groups (broad SMARTS) is 1. The molecule has 0 bridgehead atoms. The van der Waals surface area contributed by atoms with Gasteiger partial charge in [0.25, 0.3) is 0 Å². The summed E-state index contributed by atoms with van der Waals surface area (Å²) in [6, 6.07) is 1.46. The van der Waals surface area contributed by atoms with Crippen LogP contribution in [0.2, 0.25) is 0 Å². The molecule has 0 spiro atoms. The standard InChI is InChI=1S/C12H17N3O5/c1-12(2,10(17)18)6-7(16)13-11-14-8(19-3)5-9(15-11)20-4/h5H,6H2,1-4H3,(H,17,18)(H,13,14,15,16). The lowest BCUT2D eigenvalue weighted by atomic mass is 9.89. The Bertz CT molecular complexity index is 494. The van der Waals surface area contributed by atoms with Crippen LogP contribution in [0.15, 0.2) is 6.07 Å². The molecule has 0 saturated carbocycles. The topological polar surface area (TPSA) is 111 Å². The lowest BCUT2D eigenvalue weighted by Crippen LogP contribution is -2.30. The predicted molar refractivity (Wildman–Crippen MR) is 69.8 cm³/mol. The molecule has 1 rings (SSSR count). The van der Waals surface area contributed by atoms with Crippen molar-refractivity contribution < 1.29 is 24.2 Å². The predicted octanol–water partition coefficient (Wildman–Crippen LogP) is 0.933. The summed E-state index contributed by atoms with van der Waals surface area (Å²) in [7, 11) is 2.84. The first kappa shape index (κ1) is 15.7. The maximum Gasteiger partial charge on any atom is 0.309 e. The van der Waals surface area contributed by atoms with E-state index in [1.54, 1.807) is 0 Å². The van der Waals surface area contributed by atoms with Crippen molar-refractivity contribution in [1.29, 1.82) is 0 Å². The van der Waals surface area contributed by atoms with Crippen molar-refractivity contribution in [2.45, 2.75) is 20.3 Å². The normalized spacial score (nSPS) is 10.8. The number of amides is 1. The smallest absolute Gasteiger partial charge is 0.309 e. The molecule has 8 nitrogen and oxygen atoms in total. The lowest BCUT2D eigenvalue weighted by molar-refractivity contribution is -0.148. The number of hydrogen-bond donors (Lipinski definition) is 2. The van der Waals surface area contributed by atoms with Gasteiger partial charge in [0.2, 0.25) is 23.6 Å². The van der Waals surface area contributed by atoms with E-state index in [9.17, 15) is 9.59 Å². The number of hydrogen-bond acceptors (Lipinski definition) is 6. The van der Waals surface area contributed by atoms with Crippen LogP contribution in [0.25, 0.3) is 0 Å². The molecule has 0 aliphatic carbocycles. The molecule has 0 aliphatic rings. The fourth-order valence-corrected chi connectivity index (χ4v) is 1.31. The third-order valence-corrected chi connectivity index (χ3v) is 2.53. The third kappa shape index (κ3) is 4.08. The van der Waals surface area contributed by atoms with Crippen molar-refractivity contribution in [2.24, 2.45) is 5.41 Å². The zero-order valence-electron chi connectivity index (χ0n) is 11.8. The summed E-state index contributed by atoms with van der Waals surface area (Å²) < 4.78 is 9.88. The summed E-state index contributed by atoms with van der Waals surface area (Å²) in [5, 5.41) is 11.4. The highest BCUT2D eigenvalue weighted by atomic mass is 16.5. The molecule has 0 aromatic carbocycles. The van der Waals surface area contributed by atoms with E-state index >= 15 is 0 Å². The van der Waals surface area contributed by atoms with Crippen LogP contribution < -0.4 is 14.8 Å². The Kier molecular flexibility index (Phi) is 4.84. The number of ether oxygens (including phenoxy) is 2. The molecule has 0 fully saturated rings. The van der Waals surface area contributed by atoms with E-state index in [1.807, 2.05) is 0 Å². The summed E-state index contributed by atoms with van der Waals surface area (Å²) >= 11 is 0. The Labute approximate surface area is 116 Å². The highest BCUT2D eigenvalue weighted by Gasteiger charge is 2.30. The SMILES string of the molecule is COc1cc(OC)nc(NC(=O)CC(C)(C)C(=O)O)n1. The highest BCUT2D eigenvalue weighted by Crippen LogP contribution is 2.22. The first-order valence-corrected chi connectivity index (χ1v) is 5.79. The number of carboxylic acids is 1. The maximum absolute atomic E-state index is 11.8. The number of rotatable bonds is 6. The molecular weight excluding hydrogens is 266 g/mol. The zero-order valence-corrected chi connectivity index (χ0v) is 11.8. The van der Waals surface area contributed by atoms with Gasteiger partial charge in [0.15, 0.2) is 0 Å². The second-order valence-corrected chi connectivity index (χ2v) is 4.69. The van der Waals surface area contributed by atoms with Crippen LogP contribution in [0.5, 0.6) is 11.8 Å². The fourth-order valence-electron chi connectivity index (χ4n) is 1.31. The average Bonchev–Trinajstić information content (AvgIpc) is 2.37. The molecule has 1 aromatic rings. The van der Waals surface area contributed by atoms with Crippen LogP contribution in [0.3, 0.4) is 0 Å². The number of carbonyl (C=O) groups is 2. The second-order valence-electron chi connectivity index (χ2n) is 4.69. The molecule has 1 amide bonds. The molecule has 0 aliphatic heterocycles. The van der Waals surface area contributed by atoms with Gasteiger partial charge >= 0.3 is 5.97 Å². The average molecular weight is 283 g/mol. The van der Waals surface area contributed by atoms with Gasteiger partial charge in [-0.2, -0.15) is 9.97 Å². The summed E-state index contributed by atoms with van der Waals surface area (Å²) in [5.41, 5.74) is -1.17. The molecule has 0 atom stereocenters. The van der Waals surface area contributed by atoms with Gasteiger partial charge in [0.05, 0.1) is 25.7 Å². The minimum atomic E-state index is -1.17. The van der Waals surface area contributed by atoms with Crippen molar-refractivity contribution in [1.82, 2.24) is 9.97 Å². The van der Waals surface area contributed by atoms with Crippen LogP contribution in [0.4, 0.5) is 5.95 Å². The number of aromatic nitrogens is 2. The van der Waals surface area contributed by atoms with E-state index in [-0.39, 0.29) is 24.1 Å². The van der Waals surface area contributed by atoms with E-state index in [2.05, 4.69) is 15.3 Å². The molecule has 1 heterocycles. The van der Waals surface area contributed by atoms with Gasteiger partial charge < -0.3 is 14.6 Å². The summed E-state index contributed by atoms with van der Waals surface area (Å²) in [6.07, 6.45) is -0.203. The monoisotopic (exact) mass is 283 g/mol. The molecule has 20 heavy (non-hydrogen) atoms. The minimum Gasteiger partial charge on any atom is -0.481 e.